The number of hydrogen-bond acceptors (Lipinski definition) is 7. The molecule has 0 aromatic heterocycles. The number of benzene rings is 3. The van der Waals surface area contributed by atoms with E-state index in [1.165, 1.54) is 18.3 Å². The monoisotopic (exact) mass is 564 g/mol. The number of para-hydroxylation sites is 1. The van der Waals surface area contributed by atoms with Gasteiger partial charge >= 0.3 is 0 Å². The van der Waals surface area contributed by atoms with Gasteiger partial charge < -0.3 is 14.4 Å². The van der Waals surface area contributed by atoms with Crippen LogP contribution in [0.1, 0.15) is 18.1 Å². The van der Waals surface area contributed by atoms with Gasteiger partial charge in [-0.15, -0.1) is 0 Å². The summed E-state index contributed by atoms with van der Waals surface area (Å²) in [6, 6.07) is 22.0. The third-order valence-electron chi connectivity index (χ3n) is 6.27. The van der Waals surface area contributed by atoms with Gasteiger partial charge in [0, 0.05) is 13.1 Å². The molecule has 2 amide bonds. The number of hydrazone groups is 1. The number of carbonyl (C=O) groups excluding carboxylic acids is 2. The van der Waals surface area contributed by atoms with Crippen LogP contribution in [0.25, 0.3) is 0 Å². The Morgan fingerprint density at radius 3 is 2.38 bits per heavy atom. The maximum absolute atomic E-state index is 13.5. The Labute approximate surface area is 234 Å². The molecule has 3 aromatic carbocycles. The lowest BCUT2D eigenvalue weighted by molar-refractivity contribution is -0.137. The van der Waals surface area contributed by atoms with E-state index in [0.29, 0.717) is 49.7 Å². The highest BCUT2D eigenvalue weighted by atomic mass is 32.2. The van der Waals surface area contributed by atoms with E-state index in [-0.39, 0.29) is 17.4 Å². The van der Waals surface area contributed by atoms with E-state index >= 15 is 0 Å². The molecular weight excluding hydrogens is 532 g/mol. The van der Waals surface area contributed by atoms with Gasteiger partial charge in [0.15, 0.2) is 6.61 Å². The van der Waals surface area contributed by atoms with Crippen LogP contribution in [-0.2, 0) is 30.8 Å². The highest BCUT2D eigenvalue weighted by Gasteiger charge is 2.28. The minimum Gasteiger partial charge on any atom is -0.484 e. The molecule has 0 atom stereocenters. The van der Waals surface area contributed by atoms with Gasteiger partial charge in [-0.3, -0.25) is 13.9 Å². The summed E-state index contributed by atoms with van der Waals surface area (Å²) < 4.78 is 39.0. The van der Waals surface area contributed by atoms with Crippen molar-refractivity contribution in [2.24, 2.45) is 5.10 Å². The highest BCUT2D eigenvalue weighted by molar-refractivity contribution is 7.92. The number of nitrogens with zero attached hydrogens (tertiary/aromatic N) is 3. The largest absolute Gasteiger partial charge is 0.484 e. The number of anilines is 1. The van der Waals surface area contributed by atoms with Crippen LogP contribution in [0, 0.1) is 0 Å². The molecule has 0 saturated carbocycles. The topological polar surface area (TPSA) is 118 Å². The molecule has 1 aliphatic rings. The molecule has 10 nitrogen and oxygen atoms in total. The zero-order valence-electron chi connectivity index (χ0n) is 22.2. The number of amides is 2. The Hall–Kier alpha value is -4.22. The number of rotatable bonds is 11. The summed E-state index contributed by atoms with van der Waals surface area (Å²) in [5.41, 5.74) is 4.33. The first-order valence-electron chi connectivity index (χ1n) is 12.9. The van der Waals surface area contributed by atoms with Crippen LogP contribution in [0.15, 0.2) is 88.9 Å². The molecule has 210 valence electrons. The van der Waals surface area contributed by atoms with Crippen LogP contribution in [0.3, 0.4) is 0 Å². The van der Waals surface area contributed by atoms with E-state index in [4.69, 9.17) is 9.47 Å². The Morgan fingerprint density at radius 1 is 1.00 bits per heavy atom. The predicted octanol–water partition coefficient (Wildman–Crippen LogP) is 2.83. The second-order valence-corrected chi connectivity index (χ2v) is 10.8. The number of hydrogen-bond donors (Lipinski definition) is 1. The summed E-state index contributed by atoms with van der Waals surface area (Å²) in [7, 11) is -4.01. The van der Waals surface area contributed by atoms with E-state index in [0.717, 1.165) is 9.87 Å². The second kappa shape index (κ2) is 13.7. The fraction of sp³-hybridized carbons (Fsp3) is 0.276. The summed E-state index contributed by atoms with van der Waals surface area (Å²) in [6.45, 7) is 3.60. The van der Waals surface area contributed by atoms with Gasteiger partial charge in [0.25, 0.3) is 21.8 Å². The Kier molecular flexibility index (Phi) is 9.87. The first kappa shape index (κ1) is 28.8. The fourth-order valence-corrected chi connectivity index (χ4v) is 5.60. The lowest BCUT2D eigenvalue weighted by Crippen LogP contribution is -2.42. The SMILES string of the molecule is CCc1ccccc1N(CC(=O)N/N=C\c1ccc(OCC(=O)N2CCOCC2)cc1)S(=O)(=O)c1ccccc1. The smallest absolute Gasteiger partial charge is 0.264 e. The maximum atomic E-state index is 13.5. The number of nitrogens with one attached hydrogen (secondary N) is 1. The minimum absolute atomic E-state index is 0.0625. The van der Waals surface area contributed by atoms with Gasteiger partial charge in [-0.25, -0.2) is 13.8 Å². The lowest BCUT2D eigenvalue weighted by atomic mass is 10.1. The molecule has 1 heterocycles. The van der Waals surface area contributed by atoms with Gasteiger partial charge in [0.1, 0.15) is 12.3 Å². The highest BCUT2D eigenvalue weighted by Crippen LogP contribution is 2.27. The van der Waals surface area contributed by atoms with Crippen LogP contribution in [0.4, 0.5) is 5.69 Å². The molecule has 0 unspecified atom stereocenters. The van der Waals surface area contributed by atoms with Gasteiger partial charge in [-0.2, -0.15) is 5.10 Å². The van der Waals surface area contributed by atoms with Crippen LogP contribution < -0.4 is 14.5 Å². The second-order valence-electron chi connectivity index (χ2n) is 8.95. The third kappa shape index (κ3) is 7.45. The summed E-state index contributed by atoms with van der Waals surface area (Å²) in [6.07, 6.45) is 2.04. The molecule has 1 N–H and O–H groups in total. The molecule has 40 heavy (non-hydrogen) atoms. The Balaban J connectivity index is 1.38. The van der Waals surface area contributed by atoms with Crippen molar-refractivity contribution in [1.82, 2.24) is 10.3 Å². The van der Waals surface area contributed by atoms with E-state index < -0.39 is 22.5 Å². The van der Waals surface area contributed by atoms with Crippen molar-refractivity contribution >= 4 is 33.7 Å². The van der Waals surface area contributed by atoms with Gasteiger partial charge in [-0.05, 0) is 60.0 Å². The summed E-state index contributed by atoms with van der Waals surface area (Å²) >= 11 is 0. The number of morpholine rings is 1. The average Bonchev–Trinajstić information content (AvgIpc) is 3.00. The predicted molar refractivity (Wildman–Crippen MR) is 152 cm³/mol. The van der Waals surface area contributed by atoms with Crippen molar-refractivity contribution in [1.29, 1.82) is 0 Å². The normalized spacial score (nSPS) is 13.7. The number of sulfonamides is 1. The van der Waals surface area contributed by atoms with Gasteiger partial charge in [-0.1, -0.05) is 43.3 Å². The molecule has 4 rings (SSSR count). The van der Waals surface area contributed by atoms with Crippen molar-refractivity contribution in [3.05, 3.63) is 90.0 Å². The fourth-order valence-electron chi connectivity index (χ4n) is 4.12. The van der Waals surface area contributed by atoms with Crippen LogP contribution in [-0.4, -0.2) is 70.8 Å². The quantitative estimate of drug-likeness (QED) is 0.283. The molecule has 0 aliphatic carbocycles. The third-order valence-corrected chi connectivity index (χ3v) is 8.04. The van der Waals surface area contributed by atoms with Crippen molar-refractivity contribution in [2.75, 3.05) is 43.8 Å². The zero-order chi connectivity index (χ0) is 28.4. The van der Waals surface area contributed by atoms with Gasteiger partial charge in [0.05, 0.1) is 30.0 Å². The first-order valence-corrected chi connectivity index (χ1v) is 14.4. The zero-order valence-corrected chi connectivity index (χ0v) is 23.0. The van der Waals surface area contributed by atoms with E-state index in [2.05, 4.69) is 10.5 Å². The average molecular weight is 565 g/mol. The molecular formula is C29H32N4O6S. The summed E-state index contributed by atoms with van der Waals surface area (Å²) in [5, 5.41) is 3.99. The van der Waals surface area contributed by atoms with Crippen LogP contribution in [0.2, 0.25) is 0 Å². The molecule has 1 aliphatic heterocycles. The minimum atomic E-state index is -4.01. The van der Waals surface area contributed by atoms with E-state index in [1.807, 2.05) is 19.1 Å². The maximum Gasteiger partial charge on any atom is 0.264 e. The number of aryl methyl sites for hydroxylation is 1. The van der Waals surface area contributed by atoms with E-state index in [1.54, 1.807) is 59.5 Å². The molecule has 0 bridgehead atoms. The van der Waals surface area contributed by atoms with E-state index in [9.17, 15) is 18.0 Å². The van der Waals surface area contributed by atoms with Gasteiger partial charge in [0.2, 0.25) is 0 Å². The molecule has 11 heteroatoms. The molecule has 0 radical (unpaired) electrons. The van der Waals surface area contributed by atoms with Crippen molar-refractivity contribution in [3.63, 3.8) is 0 Å². The van der Waals surface area contributed by atoms with Crippen molar-refractivity contribution in [3.8, 4) is 5.75 Å². The molecule has 0 spiro atoms. The summed E-state index contributed by atoms with van der Waals surface area (Å²) in [5.74, 6) is -0.163. The first-order chi connectivity index (χ1) is 19.4. The number of carbonyl (C=O) groups is 2. The molecule has 3 aromatic rings. The lowest BCUT2D eigenvalue weighted by Gasteiger charge is -2.26. The molecule has 1 saturated heterocycles. The number of ether oxygens (including phenoxy) is 2. The summed E-state index contributed by atoms with van der Waals surface area (Å²) in [4.78, 5) is 26.9. The van der Waals surface area contributed by atoms with Crippen LogP contribution in [0.5, 0.6) is 5.75 Å². The van der Waals surface area contributed by atoms with Crippen molar-refractivity contribution < 1.29 is 27.5 Å². The molecule has 1 fully saturated rings. The standard InChI is InChI=1S/C29H32N4O6S/c1-2-24-8-6-7-11-27(24)33(40(36,37)26-9-4-3-5-10-26)21-28(34)31-30-20-23-12-14-25(15-13-23)39-22-29(35)32-16-18-38-19-17-32/h3-15,20H,2,16-19,21-22H2,1H3,(H,31,34)/b30-20-. The van der Waals surface area contributed by atoms with Crippen molar-refractivity contribution in [2.45, 2.75) is 18.2 Å². The Bertz CT molecular complexity index is 1420. The Morgan fingerprint density at radius 2 is 1.68 bits per heavy atom. The van der Waals surface area contributed by atoms with Crippen LogP contribution >= 0.6 is 0 Å².